The van der Waals surface area contributed by atoms with Gasteiger partial charge >= 0.3 is 0 Å². The maximum Gasteiger partial charge on any atom is 0.238 e. The fourth-order valence-corrected chi connectivity index (χ4v) is 3.15. The van der Waals surface area contributed by atoms with Gasteiger partial charge in [-0.25, -0.2) is 0 Å². The number of carbonyl (C=O) groups excluding carboxylic acids is 3. The lowest BCUT2D eigenvalue weighted by molar-refractivity contribution is -0.119. The van der Waals surface area contributed by atoms with E-state index in [1.54, 1.807) is 24.1 Å². The Morgan fingerprint density at radius 2 is 1.57 bits per heavy atom. The molecule has 1 aliphatic heterocycles. The fraction of sp³-hybridized carbons (Fsp3) is 0.318. The van der Waals surface area contributed by atoms with Crippen LogP contribution in [0.2, 0.25) is 0 Å². The Bertz CT molecular complexity index is 1000. The lowest BCUT2D eigenvalue weighted by atomic mass is 10.1. The number of aryl methyl sites for hydroxylation is 1. The molecule has 0 aromatic heterocycles. The summed E-state index contributed by atoms with van der Waals surface area (Å²) in [6.45, 7) is 5.43. The second kappa shape index (κ2) is 8.96. The smallest absolute Gasteiger partial charge is 0.238 e. The van der Waals surface area contributed by atoms with Gasteiger partial charge in [-0.05, 0) is 51.1 Å². The highest BCUT2D eigenvalue weighted by Crippen LogP contribution is 2.37. The quantitative estimate of drug-likeness (QED) is 0.680. The van der Waals surface area contributed by atoms with Crippen LogP contribution in [0.1, 0.15) is 28.4 Å². The van der Waals surface area contributed by atoms with Crippen LogP contribution in [-0.4, -0.2) is 49.4 Å². The minimum atomic E-state index is -0.349. The highest BCUT2D eigenvalue weighted by atomic mass is 16.7. The molecule has 0 saturated heterocycles. The molecule has 2 aromatic carbocycles. The van der Waals surface area contributed by atoms with E-state index in [1.807, 2.05) is 32.0 Å². The van der Waals surface area contributed by atoms with Gasteiger partial charge in [-0.2, -0.15) is 0 Å². The van der Waals surface area contributed by atoms with Crippen molar-refractivity contribution in [3.8, 4) is 11.5 Å². The van der Waals surface area contributed by atoms with E-state index in [0.717, 1.165) is 16.8 Å². The van der Waals surface area contributed by atoms with E-state index in [-0.39, 0.29) is 37.5 Å². The van der Waals surface area contributed by atoms with Gasteiger partial charge in [0.15, 0.2) is 17.3 Å². The van der Waals surface area contributed by atoms with Crippen LogP contribution in [0.4, 0.5) is 11.4 Å². The average Bonchev–Trinajstić information content (AvgIpc) is 3.11. The zero-order valence-corrected chi connectivity index (χ0v) is 17.5. The second-order valence-electron chi connectivity index (χ2n) is 7.32. The summed E-state index contributed by atoms with van der Waals surface area (Å²) in [7, 11) is 1.67. The van der Waals surface area contributed by atoms with Crippen molar-refractivity contribution >= 4 is 29.0 Å². The summed E-state index contributed by atoms with van der Waals surface area (Å²) in [6.07, 6.45) is 0. The number of fused-ring (bicyclic) bond motifs is 1. The number of amides is 2. The van der Waals surface area contributed by atoms with Gasteiger partial charge in [0.2, 0.25) is 18.6 Å². The summed E-state index contributed by atoms with van der Waals surface area (Å²) in [5, 5.41) is 5.59. The van der Waals surface area contributed by atoms with E-state index >= 15 is 0 Å². The van der Waals surface area contributed by atoms with E-state index in [2.05, 4.69) is 10.6 Å². The summed E-state index contributed by atoms with van der Waals surface area (Å²) >= 11 is 0. The van der Waals surface area contributed by atoms with Gasteiger partial charge in [0.25, 0.3) is 0 Å². The van der Waals surface area contributed by atoms with Gasteiger partial charge in [-0.3, -0.25) is 19.3 Å². The van der Waals surface area contributed by atoms with Crippen molar-refractivity contribution in [2.24, 2.45) is 0 Å². The highest BCUT2D eigenvalue weighted by Gasteiger charge is 2.21. The predicted octanol–water partition coefficient (Wildman–Crippen LogP) is 2.74. The number of hydrogen-bond donors (Lipinski definition) is 2. The Hall–Kier alpha value is -3.39. The number of rotatable bonds is 7. The van der Waals surface area contributed by atoms with E-state index in [0.29, 0.717) is 22.7 Å². The predicted molar refractivity (Wildman–Crippen MR) is 113 cm³/mol. The maximum atomic E-state index is 12.5. The molecular weight excluding hydrogens is 386 g/mol. The summed E-state index contributed by atoms with van der Waals surface area (Å²) in [5.74, 6) is 0.171. The molecule has 0 saturated carbocycles. The van der Waals surface area contributed by atoms with Gasteiger partial charge in [0.1, 0.15) is 0 Å². The van der Waals surface area contributed by atoms with Crippen LogP contribution in [0.25, 0.3) is 0 Å². The third kappa shape index (κ3) is 4.96. The first-order valence-corrected chi connectivity index (χ1v) is 9.53. The normalized spacial score (nSPS) is 12.0. The number of ether oxygens (including phenoxy) is 2. The number of Topliss-reactive ketones (excluding diaryl/α,β-unsaturated/α-hetero) is 1. The summed E-state index contributed by atoms with van der Waals surface area (Å²) < 4.78 is 10.6. The van der Waals surface area contributed by atoms with Crippen LogP contribution in [0.15, 0.2) is 30.3 Å². The molecule has 0 unspecified atom stereocenters. The van der Waals surface area contributed by atoms with Crippen molar-refractivity contribution in [1.82, 2.24) is 4.90 Å². The van der Waals surface area contributed by atoms with Crippen LogP contribution in [0, 0.1) is 13.8 Å². The number of nitrogens with one attached hydrogen (secondary N) is 2. The van der Waals surface area contributed by atoms with Gasteiger partial charge in [-0.15, -0.1) is 0 Å². The molecule has 0 atom stereocenters. The third-order valence-electron chi connectivity index (χ3n) is 4.87. The minimum Gasteiger partial charge on any atom is -0.454 e. The molecule has 30 heavy (non-hydrogen) atoms. The molecule has 8 heteroatoms. The monoisotopic (exact) mass is 411 g/mol. The van der Waals surface area contributed by atoms with Gasteiger partial charge in [0.05, 0.1) is 18.8 Å². The summed E-state index contributed by atoms with van der Waals surface area (Å²) in [4.78, 5) is 38.3. The minimum absolute atomic E-state index is 0.0218. The van der Waals surface area contributed by atoms with Crippen molar-refractivity contribution in [3.63, 3.8) is 0 Å². The van der Waals surface area contributed by atoms with Crippen LogP contribution >= 0.6 is 0 Å². The van der Waals surface area contributed by atoms with Crippen LogP contribution in [0.5, 0.6) is 11.5 Å². The van der Waals surface area contributed by atoms with E-state index in [9.17, 15) is 14.4 Å². The summed E-state index contributed by atoms with van der Waals surface area (Å²) in [5.41, 5.74) is 3.54. The Kier molecular flexibility index (Phi) is 6.37. The van der Waals surface area contributed by atoms with Gasteiger partial charge < -0.3 is 20.1 Å². The number of ketones is 1. The topological polar surface area (TPSA) is 97.0 Å². The zero-order valence-electron chi connectivity index (χ0n) is 17.5. The molecule has 0 fully saturated rings. The molecule has 3 rings (SSSR count). The van der Waals surface area contributed by atoms with Crippen LogP contribution in [-0.2, 0) is 9.59 Å². The number of benzene rings is 2. The number of likely N-dealkylation sites (N-methyl/N-ethyl adjacent to an activating group) is 1. The van der Waals surface area contributed by atoms with Crippen molar-refractivity contribution in [2.75, 3.05) is 37.6 Å². The van der Waals surface area contributed by atoms with Crippen LogP contribution < -0.4 is 20.1 Å². The molecule has 0 radical (unpaired) electrons. The van der Waals surface area contributed by atoms with Crippen molar-refractivity contribution in [3.05, 3.63) is 47.0 Å². The molecule has 2 amide bonds. The second-order valence-corrected chi connectivity index (χ2v) is 7.32. The summed E-state index contributed by atoms with van der Waals surface area (Å²) in [6, 6.07) is 8.83. The Labute approximate surface area is 175 Å². The number of hydrogen-bond acceptors (Lipinski definition) is 6. The molecule has 158 valence electrons. The first kappa shape index (κ1) is 21.3. The number of anilines is 2. The third-order valence-corrected chi connectivity index (χ3v) is 4.87. The zero-order chi connectivity index (χ0) is 21.8. The molecule has 1 heterocycles. The average molecular weight is 411 g/mol. The van der Waals surface area contributed by atoms with Gasteiger partial charge in [0, 0.05) is 17.3 Å². The largest absolute Gasteiger partial charge is 0.454 e. The van der Waals surface area contributed by atoms with E-state index < -0.39 is 0 Å². The Morgan fingerprint density at radius 1 is 0.967 bits per heavy atom. The lowest BCUT2D eigenvalue weighted by Gasteiger charge is -2.18. The number of carbonyl (C=O) groups is 3. The first-order valence-electron chi connectivity index (χ1n) is 9.53. The molecule has 0 aliphatic carbocycles. The van der Waals surface area contributed by atoms with Crippen molar-refractivity contribution in [2.45, 2.75) is 20.8 Å². The molecular formula is C22H25N3O5. The van der Waals surface area contributed by atoms with E-state index in [1.165, 1.54) is 6.92 Å². The van der Waals surface area contributed by atoms with Gasteiger partial charge in [-0.1, -0.05) is 12.1 Å². The highest BCUT2D eigenvalue weighted by molar-refractivity contribution is 6.05. The lowest BCUT2D eigenvalue weighted by Crippen LogP contribution is -2.36. The SMILES string of the molecule is CC(=O)c1cc2c(cc1NC(=O)CN(C)CC(=O)Nc1cccc(C)c1C)OCO2. The fourth-order valence-electron chi connectivity index (χ4n) is 3.15. The molecule has 2 aromatic rings. The van der Waals surface area contributed by atoms with Crippen LogP contribution in [0.3, 0.4) is 0 Å². The molecule has 1 aliphatic rings. The maximum absolute atomic E-state index is 12.5. The molecule has 0 spiro atoms. The first-order chi connectivity index (χ1) is 14.2. The Balaban J connectivity index is 1.59. The van der Waals surface area contributed by atoms with Crippen molar-refractivity contribution < 1.29 is 23.9 Å². The number of nitrogens with zero attached hydrogens (tertiary/aromatic N) is 1. The van der Waals surface area contributed by atoms with E-state index in [4.69, 9.17) is 9.47 Å². The molecule has 2 N–H and O–H groups in total. The van der Waals surface area contributed by atoms with Crippen molar-refractivity contribution in [1.29, 1.82) is 0 Å². The molecule has 8 nitrogen and oxygen atoms in total. The standard InChI is InChI=1S/C22H25N3O5/c1-13-6-5-7-17(14(13)2)23-21(27)10-25(4)11-22(28)24-18-9-20-19(29-12-30-20)8-16(18)15(3)26/h5-9H,10-12H2,1-4H3,(H,23,27)(H,24,28). The Morgan fingerprint density at radius 3 is 2.20 bits per heavy atom. The molecule has 0 bridgehead atoms.